The highest BCUT2D eigenvalue weighted by atomic mass is 16.6. The zero-order chi connectivity index (χ0) is 17.8. The molecule has 23 heavy (non-hydrogen) atoms. The third-order valence-corrected chi connectivity index (χ3v) is 3.22. The highest BCUT2D eigenvalue weighted by Crippen LogP contribution is 2.13. The smallest absolute Gasteiger partial charge is 0.308 e. The van der Waals surface area contributed by atoms with E-state index in [1.165, 1.54) is 6.92 Å². The molecule has 2 unspecified atom stereocenters. The van der Waals surface area contributed by atoms with Gasteiger partial charge in [-0.15, -0.1) is 0 Å². The Morgan fingerprint density at radius 3 is 2.13 bits per heavy atom. The standard InChI is InChI=1S/C17H30O6/c1-6-7-8-13(4)9-16(19)23-15(10-21-14(5)18)11-22-17(20)12(2)3/h12-13,15H,6-11H2,1-5H3. The predicted octanol–water partition coefficient (Wildman–Crippen LogP) is 2.88. The van der Waals surface area contributed by atoms with Crippen LogP contribution in [0.2, 0.25) is 0 Å². The molecule has 0 aromatic rings. The van der Waals surface area contributed by atoms with Crippen LogP contribution in [0.5, 0.6) is 0 Å². The van der Waals surface area contributed by atoms with E-state index in [4.69, 9.17) is 14.2 Å². The van der Waals surface area contributed by atoms with Gasteiger partial charge in [0.15, 0.2) is 6.10 Å². The largest absolute Gasteiger partial charge is 0.462 e. The van der Waals surface area contributed by atoms with Crippen LogP contribution in [0.3, 0.4) is 0 Å². The molecule has 0 rings (SSSR count). The van der Waals surface area contributed by atoms with Crippen molar-refractivity contribution in [2.45, 2.75) is 66.4 Å². The molecule has 134 valence electrons. The zero-order valence-electron chi connectivity index (χ0n) is 14.9. The minimum Gasteiger partial charge on any atom is -0.462 e. The highest BCUT2D eigenvalue weighted by Gasteiger charge is 2.20. The number of hydrogen-bond donors (Lipinski definition) is 0. The Kier molecular flexibility index (Phi) is 11.1. The minimum atomic E-state index is -0.771. The number of ether oxygens (including phenoxy) is 3. The fraction of sp³-hybridized carbons (Fsp3) is 0.824. The van der Waals surface area contributed by atoms with Crippen molar-refractivity contribution < 1.29 is 28.6 Å². The van der Waals surface area contributed by atoms with Crippen LogP contribution in [-0.2, 0) is 28.6 Å². The highest BCUT2D eigenvalue weighted by molar-refractivity contribution is 5.72. The summed E-state index contributed by atoms with van der Waals surface area (Å²) in [6.45, 7) is 8.57. The second kappa shape index (κ2) is 11.9. The lowest BCUT2D eigenvalue weighted by Crippen LogP contribution is -2.31. The van der Waals surface area contributed by atoms with Gasteiger partial charge in [-0.1, -0.05) is 47.0 Å². The topological polar surface area (TPSA) is 78.9 Å². The van der Waals surface area contributed by atoms with E-state index >= 15 is 0 Å². The van der Waals surface area contributed by atoms with Crippen LogP contribution in [-0.4, -0.2) is 37.2 Å². The van der Waals surface area contributed by atoms with Gasteiger partial charge in [-0.2, -0.15) is 0 Å². The van der Waals surface area contributed by atoms with Crippen molar-refractivity contribution in [3.05, 3.63) is 0 Å². The van der Waals surface area contributed by atoms with Gasteiger partial charge in [-0.05, 0) is 5.92 Å². The van der Waals surface area contributed by atoms with Gasteiger partial charge in [0.05, 0.1) is 5.92 Å². The van der Waals surface area contributed by atoms with Gasteiger partial charge in [-0.25, -0.2) is 0 Å². The molecule has 0 saturated heterocycles. The molecule has 2 atom stereocenters. The van der Waals surface area contributed by atoms with E-state index in [-0.39, 0.29) is 37.0 Å². The van der Waals surface area contributed by atoms with Crippen molar-refractivity contribution in [2.75, 3.05) is 13.2 Å². The molecule has 0 amide bonds. The molecule has 0 aliphatic rings. The molecule has 0 aliphatic carbocycles. The molecule has 0 saturated carbocycles. The molecule has 6 heteroatoms. The summed E-state index contributed by atoms with van der Waals surface area (Å²) in [5, 5.41) is 0. The second-order valence-corrected chi connectivity index (χ2v) is 6.15. The summed E-state index contributed by atoms with van der Waals surface area (Å²) in [6.07, 6.45) is 2.64. The Morgan fingerprint density at radius 1 is 1.00 bits per heavy atom. The third kappa shape index (κ3) is 11.6. The van der Waals surface area contributed by atoms with Crippen LogP contribution < -0.4 is 0 Å². The minimum absolute atomic E-state index is 0.112. The normalized spacial score (nSPS) is 13.3. The first-order chi connectivity index (χ1) is 10.8. The molecule has 0 fully saturated rings. The fourth-order valence-corrected chi connectivity index (χ4v) is 1.84. The third-order valence-electron chi connectivity index (χ3n) is 3.22. The van der Waals surface area contributed by atoms with E-state index in [1.54, 1.807) is 13.8 Å². The number of carbonyl (C=O) groups excluding carboxylic acids is 3. The summed E-state index contributed by atoms with van der Waals surface area (Å²) in [7, 11) is 0. The van der Waals surface area contributed by atoms with Crippen molar-refractivity contribution in [2.24, 2.45) is 11.8 Å². The average molecular weight is 330 g/mol. The molecule has 0 radical (unpaired) electrons. The first kappa shape index (κ1) is 21.4. The van der Waals surface area contributed by atoms with Crippen LogP contribution in [0.25, 0.3) is 0 Å². The molecule has 0 aromatic heterocycles. The first-order valence-electron chi connectivity index (χ1n) is 8.25. The maximum atomic E-state index is 11.9. The summed E-state index contributed by atoms with van der Waals surface area (Å²) in [4.78, 5) is 34.3. The van der Waals surface area contributed by atoms with Crippen molar-refractivity contribution in [3.63, 3.8) is 0 Å². The van der Waals surface area contributed by atoms with Gasteiger partial charge in [-0.3, -0.25) is 14.4 Å². The number of rotatable bonds is 11. The Hall–Kier alpha value is -1.59. The zero-order valence-corrected chi connectivity index (χ0v) is 14.9. The van der Waals surface area contributed by atoms with E-state index in [0.717, 1.165) is 19.3 Å². The molecule has 0 heterocycles. The lowest BCUT2D eigenvalue weighted by molar-refractivity contribution is -0.167. The molecule has 0 bridgehead atoms. The van der Waals surface area contributed by atoms with Gasteiger partial charge in [0.2, 0.25) is 0 Å². The molecule has 6 nitrogen and oxygen atoms in total. The van der Waals surface area contributed by atoms with Crippen LogP contribution in [0, 0.1) is 11.8 Å². The summed E-state index contributed by atoms with van der Waals surface area (Å²) < 4.78 is 15.2. The van der Waals surface area contributed by atoms with Crippen LogP contribution >= 0.6 is 0 Å². The van der Waals surface area contributed by atoms with E-state index in [0.29, 0.717) is 6.42 Å². The molecule has 0 aromatic carbocycles. The lowest BCUT2D eigenvalue weighted by atomic mass is 10.0. The number of carbonyl (C=O) groups is 3. The lowest BCUT2D eigenvalue weighted by Gasteiger charge is -2.19. The predicted molar refractivity (Wildman–Crippen MR) is 85.6 cm³/mol. The monoisotopic (exact) mass is 330 g/mol. The van der Waals surface area contributed by atoms with E-state index in [1.807, 2.05) is 6.92 Å². The Labute approximate surface area is 138 Å². The Bertz CT molecular complexity index is 377. The Morgan fingerprint density at radius 2 is 1.61 bits per heavy atom. The van der Waals surface area contributed by atoms with Gasteiger partial charge in [0.1, 0.15) is 13.2 Å². The Balaban J connectivity index is 4.40. The van der Waals surface area contributed by atoms with Crippen molar-refractivity contribution in [1.29, 1.82) is 0 Å². The van der Waals surface area contributed by atoms with E-state index in [2.05, 4.69) is 6.92 Å². The maximum absolute atomic E-state index is 11.9. The van der Waals surface area contributed by atoms with Gasteiger partial charge >= 0.3 is 17.9 Å². The quantitative estimate of drug-likeness (QED) is 0.428. The summed E-state index contributed by atoms with van der Waals surface area (Å²) >= 11 is 0. The molecular weight excluding hydrogens is 300 g/mol. The van der Waals surface area contributed by atoms with Crippen molar-refractivity contribution in [3.8, 4) is 0 Å². The first-order valence-corrected chi connectivity index (χ1v) is 8.25. The number of hydrogen-bond acceptors (Lipinski definition) is 6. The van der Waals surface area contributed by atoms with Crippen molar-refractivity contribution in [1.82, 2.24) is 0 Å². The van der Waals surface area contributed by atoms with Gasteiger partial charge < -0.3 is 14.2 Å². The molecule has 0 aliphatic heterocycles. The number of esters is 3. The maximum Gasteiger partial charge on any atom is 0.308 e. The number of unbranched alkanes of at least 4 members (excludes halogenated alkanes) is 1. The molecule has 0 N–H and O–H groups in total. The van der Waals surface area contributed by atoms with Crippen LogP contribution in [0.1, 0.15) is 60.3 Å². The van der Waals surface area contributed by atoms with Gasteiger partial charge in [0, 0.05) is 13.3 Å². The van der Waals surface area contributed by atoms with Crippen LogP contribution in [0.4, 0.5) is 0 Å². The molecule has 0 spiro atoms. The fourth-order valence-electron chi connectivity index (χ4n) is 1.84. The summed E-state index contributed by atoms with van der Waals surface area (Å²) in [5.41, 5.74) is 0. The van der Waals surface area contributed by atoms with Crippen LogP contribution in [0.15, 0.2) is 0 Å². The second-order valence-electron chi connectivity index (χ2n) is 6.15. The SMILES string of the molecule is CCCCC(C)CC(=O)OC(COC(C)=O)COC(=O)C(C)C. The average Bonchev–Trinajstić information content (AvgIpc) is 2.47. The van der Waals surface area contributed by atoms with Crippen molar-refractivity contribution >= 4 is 17.9 Å². The summed E-state index contributed by atoms with van der Waals surface area (Å²) in [6, 6.07) is 0. The van der Waals surface area contributed by atoms with Gasteiger partial charge in [0.25, 0.3) is 0 Å². The van der Waals surface area contributed by atoms with E-state index < -0.39 is 12.1 Å². The van der Waals surface area contributed by atoms with E-state index in [9.17, 15) is 14.4 Å². The summed E-state index contributed by atoms with van der Waals surface area (Å²) in [5.74, 6) is -1.27. The molecular formula is C17H30O6.